The van der Waals surface area contributed by atoms with Crippen molar-refractivity contribution in [2.24, 2.45) is 17.1 Å². The molecule has 2 unspecified atom stereocenters. The van der Waals surface area contributed by atoms with Gasteiger partial charge in [-0.3, -0.25) is 4.79 Å². The molecular formula is C14H26N2O. The van der Waals surface area contributed by atoms with E-state index in [1.165, 1.54) is 12.8 Å². The van der Waals surface area contributed by atoms with E-state index in [-0.39, 0.29) is 11.5 Å². The van der Waals surface area contributed by atoms with E-state index in [1.54, 1.807) is 0 Å². The molecule has 2 fully saturated rings. The summed E-state index contributed by atoms with van der Waals surface area (Å²) in [6.07, 6.45) is 6.73. The maximum absolute atomic E-state index is 12.7. The lowest BCUT2D eigenvalue weighted by molar-refractivity contribution is -0.142. The molecule has 2 atom stereocenters. The number of nitrogens with zero attached hydrogens (tertiary/aromatic N) is 1. The summed E-state index contributed by atoms with van der Waals surface area (Å²) in [6, 6.07) is 0.0635. The highest BCUT2D eigenvalue weighted by molar-refractivity contribution is 5.83. The van der Waals surface area contributed by atoms with E-state index in [2.05, 4.69) is 18.7 Å². The first-order chi connectivity index (χ1) is 8.08. The molecule has 3 heteroatoms. The van der Waals surface area contributed by atoms with E-state index in [4.69, 9.17) is 5.73 Å². The number of rotatable bonds is 5. The van der Waals surface area contributed by atoms with Gasteiger partial charge in [0.2, 0.25) is 5.91 Å². The van der Waals surface area contributed by atoms with Crippen LogP contribution >= 0.6 is 0 Å². The number of nitrogens with two attached hydrogens (primary N) is 1. The fraction of sp³-hybridized carbons (Fsp3) is 0.929. The minimum absolute atomic E-state index is 0.0635. The molecule has 0 aromatic rings. The van der Waals surface area contributed by atoms with E-state index < -0.39 is 0 Å². The predicted molar refractivity (Wildman–Crippen MR) is 69.5 cm³/mol. The third kappa shape index (κ3) is 2.65. The molecule has 0 bridgehead atoms. The van der Waals surface area contributed by atoms with E-state index in [0.717, 1.165) is 44.7 Å². The van der Waals surface area contributed by atoms with Gasteiger partial charge >= 0.3 is 0 Å². The molecule has 0 aliphatic heterocycles. The van der Waals surface area contributed by atoms with Crippen LogP contribution in [0.3, 0.4) is 0 Å². The van der Waals surface area contributed by atoms with E-state index in [9.17, 15) is 4.79 Å². The van der Waals surface area contributed by atoms with Crippen LogP contribution in [0.2, 0.25) is 0 Å². The summed E-state index contributed by atoms with van der Waals surface area (Å²) in [4.78, 5) is 14.8. The fourth-order valence-electron chi connectivity index (χ4n) is 2.98. The summed E-state index contributed by atoms with van der Waals surface area (Å²) < 4.78 is 0. The van der Waals surface area contributed by atoms with Crippen molar-refractivity contribution in [2.75, 3.05) is 13.1 Å². The van der Waals surface area contributed by atoms with E-state index >= 15 is 0 Å². The maximum Gasteiger partial charge on any atom is 0.230 e. The number of carbonyl (C=O) groups is 1. The minimum atomic E-state index is -0.288. The van der Waals surface area contributed by atoms with Crippen LogP contribution in [-0.4, -0.2) is 29.9 Å². The fourth-order valence-corrected chi connectivity index (χ4v) is 2.98. The van der Waals surface area contributed by atoms with Crippen LogP contribution in [-0.2, 0) is 4.79 Å². The molecule has 2 rings (SSSR count). The molecule has 0 saturated heterocycles. The summed E-state index contributed by atoms with van der Waals surface area (Å²) in [5, 5.41) is 0. The second kappa shape index (κ2) is 4.97. The first-order valence-electron chi connectivity index (χ1n) is 7.13. The van der Waals surface area contributed by atoms with Crippen molar-refractivity contribution >= 4 is 5.91 Å². The molecule has 2 N–H and O–H groups in total. The predicted octanol–water partition coefficient (Wildman–Crippen LogP) is 2.15. The molecule has 2 aliphatic rings. The standard InChI is InChI=1S/C14H26N2O/c1-3-9-16(10-11-6-7-11)13(17)14(2)8-4-5-12(14)15/h11-12H,3-10,15H2,1-2H3. The number of carbonyl (C=O) groups excluding carboxylic acids is 1. The van der Waals surface area contributed by atoms with Crippen molar-refractivity contribution in [1.29, 1.82) is 0 Å². The van der Waals surface area contributed by atoms with Crippen molar-refractivity contribution in [3.63, 3.8) is 0 Å². The van der Waals surface area contributed by atoms with Gasteiger partial charge in [0, 0.05) is 19.1 Å². The quantitative estimate of drug-likeness (QED) is 0.797. The summed E-state index contributed by atoms with van der Waals surface area (Å²) in [5.41, 5.74) is 5.86. The Morgan fingerprint density at radius 1 is 1.41 bits per heavy atom. The Kier molecular flexibility index (Phi) is 3.76. The zero-order valence-electron chi connectivity index (χ0n) is 11.2. The second-order valence-corrected chi connectivity index (χ2v) is 6.11. The molecule has 98 valence electrons. The van der Waals surface area contributed by atoms with Crippen molar-refractivity contribution in [2.45, 2.75) is 58.4 Å². The van der Waals surface area contributed by atoms with Crippen LogP contribution in [0.25, 0.3) is 0 Å². The average Bonchev–Trinajstić information content (AvgIpc) is 3.05. The van der Waals surface area contributed by atoms with Gasteiger partial charge in [0.15, 0.2) is 0 Å². The Morgan fingerprint density at radius 3 is 2.59 bits per heavy atom. The van der Waals surface area contributed by atoms with Gasteiger partial charge in [0.1, 0.15) is 0 Å². The van der Waals surface area contributed by atoms with Gasteiger partial charge in [-0.25, -0.2) is 0 Å². The summed E-state index contributed by atoms with van der Waals surface area (Å²) in [6.45, 7) is 6.08. The zero-order chi connectivity index (χ0) is 12.5. The molecule has 0 heterocycles. The number of hydrogen-bond acceptors (Lipinski definition) is 2. The molecule has 17 heavy (non-hydrogen) atoms. The molecule has 2 aliphatic carbocycles. The van der Waals surface area contributed by atoms with Gasteiger partial charge in [-0.1, -0.05) is 13.3 Å². The lowest BCUT2D eigenvalue weighted by atomic mass is 9.83. The van der Waals surface area contributed by atoms with Gasteiger partial charge in [-0.05, 0) is 44.9 Å². The molecule has 0 aromatic heterocycles. The molecule has 0 aromatic carbocycles. The third-order valence-corrected chi connectivity index (χ3v) is 4.47. The number of amides is 1. The lowest BCUT2D eigenvalue weighted by Crippen LogP contribution is -2.50. The van der Waals surface area contributed by atoms with Crippen molar-refractivity contribution < 1.29 is 4.79 Å². The highest BCUT2D eigenvalue weighted by Crippen LogP contribution is 2.39. The van der Waals surface area contributed by atoms with Crippen LogP contribution in [0.1, 0.15) is 52.4 Å². The Bertz CT molecular complexity index is 288. The first kappa shape index (κ1) is 12.9. The SMILES string of the molecule is CCCN(CC1CC1)C(=O)C1(C)CCCC1N. The summed E-state index contributed by atoms with van der Waals surface area (Å²) in [7, 11) is 0. The van der Waals surface area contributed by atoms with Crippen LogP contribution in [0.4, 0.5) is 0 Å². The Hall–Kier alpha value is -0.570. The smallest absolute Gasteiger partial charge is 0.230 e. The van der Waals surface area contributed by atoms with E-state index in [1.807, 2.05) is 0 Å². The van der Waals surface area contributed by atoms with Crippen molar-refractivity contribution in [1.82, 2.24) is 4.90 Å². The van der Waals surface area contributed by atoms with Gasteiger partial charge < -0.3 is 10.6 Å². The van der Waals surface area contributed by atoms with Crippen molar-refractivity contribution in [3.8, 4) is 0 Å². The Balaban J connectivity index is 2.03. The third-order valence-electron chi connectivity index (χ3n) is 4.47. The zero-order valence-corrected chi connectivity index (χ0v) is 11.2. The van der Waals surface area contributed by atoms with Crippen LogP contribution in [0.15, 0.2) is 0 Å². The molecule has 1 amide bonds. The van der Waals surface area contributed by atoms with Crippen LogP contribution in [0.5, 0.6) is 0 Å². The highest BCUT2D eigenvalue weighted by Gasteiger charge is 2.45. The normalized spacial score (nSPS) is 32.8. The van der Waals surface area contributed by atoms with Crippen LogP contribution < -0.4 is 5.73 Å². The number of hydrogen-bond donors (Lipinski definition) is 1. The van der Waals surface area contributed by atoms with Gasteiger partial charge in [0.25, 0.3) is 0 Å². The Morgan fingerprint density at radius 2 is 2.12 bits per heavy atom. The monoisotopic (exact) mass is 238 g/mol. The molecular weight excluding hydrogens is 212 g/mol. The first-order valence-corrected chi connectivity index (χ1v) is 7.13. The molecule has 2 saturated carbocycles. The second-order valence-electron chi connectivity index (χ2n) is 6.11. The largest absolute Gasteiger partial charge is 0.342 e. The summed E-state index contributed by atoms with van der Waals surface area (Å²) in [5.74, 6) is 1.09. The van der Waals surface area contributed by atoms with Gasteiger partial charge in [0.05, 0.1) is 5.41 Å². The maximum atomic E-state index is 12.7. The Labute approximate surface area is 105 Å². The minimum Gasteiger partial charge on any atom is -0.342 e. The lowest BCUT2D eigenvalue weighted by Gasteiger charge is -2.34. The molecule has 0 radical (unpaired) electrons. The topological polar surface area (TPSA) is 46.3 Å². The van der Waals surface area contributed by atoms with Gasteiger partial charge in [-0.15, -0.1) is 0 Å². The van der Waals surface area contributed by atoms with Crippen molar-refractivity contribution in [3.05, 3.63) is 0 Å². The highest BCUT2D eigenvalue weighted by atomic mass is 16.2. The average molecular weight is 238 g/mol. The van der Waals surface area contributed by atoms with Crippen LogP contribution in [0, 0.1) is 11.3 Å². The van der Waals surface area contributed by atoms with Gasteiger partial charge in [-0.2, -0.15) is 0 Å². The molecule has 3 nitrogen and oxygen atoms in total. The van der Waals surface area contributed by atoms with E-state index in [0.29, 0.717) is 5.91 Å². The summed E-state index contributed by atoms with van der Waals surface area (Å²) >= 11 is 0. The molecule has 0 spiro atoms.